The van der Waals surface area contributed by atoms with Gasteiger partial charge in [-0.3, -0.25) is 4.79 Å². The number of nitrogens with two attached hydrogens (primary N) is 1. The molecular formula is C15H15FN2O. The number of halogens is 1. The van der Waals surface area contributed by atoms with Gasteiger partial charge in [0, 0.05) is 16.9 Å². The number of carbonyl (C=O) groups is 1. The van der Waals surface area contributed by atoms with Crippen molar-refractivity contribution >= 4 is 17.3 Å². The van der Waals surface area contributed by atoms with Gasteiger partial charge in [-0.2, -0.15) is 0 Å². The van der Waals surface area contributed by atoms with E-state index in [-0.39, 0.29) is 11.5 Å². The van der Waals surface area contributed by atoms with E-state index >= 15 is 0 Å². The second-order valence-corrected chi connectivity index (χ2v) is 4.49. The Kier molecular flexibility index (Phi) is 3.51. The molecule has 0 spiro atoms. The highest BCUT2D eigenvalue weighted by molar-refractivity contribution is 6.04. The van der Waals surface area contributed by atoms with E-state index < -0.39 is 5.82 Å². The SMILES string of the molecule is Cc1cc(C)c(NC(=O)c2cccc(F)c2)cc1N. The molecule has 0 unspecified atom stereocenters. The summed E-state index contributed by atoms with van der Waals surface area (Å²) in [5.74, 6) is -0.793. The van der Waals surface area contributed by atoms with Gasteiger partial charge in [-0.25, -0.2) is 4.39 Å². The zero-order chi connectivity index (χ0) is 14.0. The first kappa shape index (κ1) is 13.1. The van der Waals surface area contributed by atoms with E-state index in [1.807, 2.05) is 19.9 Å². The number of anilines is 2. The van der Waals surface area contributed by atoms with Gasteiger partial charge in [0.1, 0.15) is 5.82 Å². The van der Waals surface area contributed by atoms with Crippen LogP contribution in [0.4, 0.5) is 15.8 Å². The minimum atomic E-state index is -0.437. The maximum absolute atomic E-state index is 13.1. The summed E-state index contributed by atoms with van der Waals surface area (Å²) in [6.07, 6.45) is 0. The lowest BCUT2D eigenvalue weighted by Gasteiger charge is -2.11. The van der Waals surface area contributed by atoms with Gasteiger partial charge < -0.3 is 11.1 Å². The number of nitrogen functional groups attached to an aromatic ring is 1. The number of rotatable bonds is 2. The van der Waals surface area contributed by atoms with Gasteiger partial charge in [-0.1, -0.05) is 12.1 Å². The molecule has 2 aromatic rings. The van der Waals surface area contributed by atoms with Gasteiger partial charge in [-0.15, -0.1) is 0 Å². The Labute approximate surface area is 111 Å². The summed E-state index contributed by atoms with van der Waals surface area (Å²) in [5, 5.41) is 2.74. The molecule has 2 aromatic carbocycles. The fourth-order valence-electron chi connectivity index (χ4n) is 1.83. The van der Waals surface area contributed by atoms with Gasteiger partial charge in [0.2, 0.25) is 0 Å². The molecule has 0 bridgehead atoms. The molecule has 2 rings (SSSR count). The van der Waals surface area contributed by atoms with E-state index in [0.717, 1.165) is 11.1 Å². The quantitative estimate of drug-likeness (QED) is 0.812. The number of nitrogens with one attached hydrogen (secondary N) is 1. The van der Waals surface area contributed by atoms with Crippen molar-refractivity contribution in [2.24, 2.45) is 0 Å². The van der Waals surface area contributed by atoms with Crippen molar-refractivity contribution in [2.75, 3.05) is 11.1 Å². The molecule has 0 aliphatic heterocycles. The highest BCUT2D eigenvalue weighted by Gasteiger charge is 2.09. The number of carbonyl (C=O) groups excluding carboxylic acids is 1. The third kappa shape index (κ3) is 2.91. The Morgan fingerprint density at radius 3 is 2.58 bits per heavy atom. The summed E-state index contributed by atoms with van der Waals surface area (Å²) in [5.41, 5.74) is 9.21. The van der Waals surface area contributed by atoms with Gasteiger partial charge in [-0.05, 0) is 49.2 Å². The average Bonchev–Trinajstić information content (AvgIpc) is 2.36. The smallest absolute Gasteiger partial charge is 0.255 e. The predicted molar refractivity (Wildman–Crippen MR) is 74.7 cm³/mol. The fraction of sp³-hybridized carbons (Fsp3) is 0.133. The average molecular weight is 258 g/mol. The summed E-state index contributed by atoms with van der Waals surface area (Å²) in [6.45, 7) is 3.79. The molecule has 0 atom stereocenters. The lowest BCUT2D eigenvalue weighted by molar-refractivity contribution is 0.102. The minimum absolute atomic E-state index is 0.276. The van der Waals surface area contributed by atoms with Crippen LogP contribution in [-0.4, -0.2) is 5.91 Å². The number of aryl methyl sites for hydroxylation is 2. The third-order valence-corrected chi connectivity index (χ3v) is 2.95. The second-order valence-electron chi connectivity index (χ2n) is 4.49. The molecule has 0 radical (unpaired) electrons. The van der Waals surface area contributed by atoms with E-state index in [2.05, 4.69) is 5.32 Å². The Morgan fingerprint density at radius 2 is 1.89 bits per heavy atom. The van der Waals surface area contributed by atoms with Crippen molar-refractivity contribution < 1.29 is 9.18 Å². The van der Waals surface area contributed by atoms with Crippen molar-refractivity contribution in [1.82, 2.24) is 0 Å². The van der Waals surface area contributed by atoms with Crippen molar-refractivity contribution in [3.8, 4) is 0 Å². The first-order valence-electron chi connectivity index (χ1n) is 5.91. The van der Waals surface area contributed by atoms with Crippen LogP contribution in [0.3, 0.4) is 0 Å². The summed E-state index contributed by atoms with van der Waals surface area (Å²) >= 11 is 0. The van der Waals surface area contributed by atoms with Crippen LogP contribution in [0.1, 0.15) is 21.5 Å². The predicted octanol–water partition coefficient (Wildman–Crippen LogP) is 3.28. The zero-order valence-electron chi connectivity index (χ0n) is 10.8. The van der Waals surface area contributed by atoms with E-state index in [1.54, 1.807) is 12.1 Å². The van der Waals surface area contributed by atoms with Crippen molar-refractivity contribution in [2.45, 2.75) is 13.8 Å². The number of amides is 1. The number of benzene rings is 2. The van der Waals surface area contributed by atoms with Crippen molar-refractivity contribution in [1.29, 1.82) is 0 Å². The summed E-state index contributed by atoms with van der Waals surface area (Å²) in [7, 11) is 0. The Balaban J connectivity index is 2.27. The van der Waals surface area contributed by atoms with E-state index in [9.17, 15) is 9.18 Å². The van der Waals surface area contributed by atoms with Crippen LogP contribution >= 0.6 is 0 Å². The van der Waals surface area contributed by atoms with Gasteiger partial charge in [0.15, 0.2) is 0 Å². The summed E-state index contributed by atoms with van der Waals surface area (Å²) in [4.78, 5) is 12.0. The van der Waals surface area contributed by atoms with Crippen LogP contribution in [-0.2, 0) is 0 Å². The molecule has 0 heterocycles. The fourth-order valence-corrected chi connectivity index (χ4v) is 1.83. The van der Waals surface area contributed by atoms with Gasteiger partial charge in [0.05, 0.1) is 0 Å². The molecule has 0 aliphatic carbocycles. The van der Waals surface area contributed by atoms with Crippen LogP contribution in [0, 0.1) is 19.7 Å². The molecule has 0 fully saturated rings. The van der Waals surface area contributed by atoms with E-state index in [1.165, 1.54) is 18.2 Å². The molecule has 98 valence electrons. The summed E-state index contributed by atoms with van der Waals surface area (Å²) in [6, 6.07) is 9.17. The molecule has 3 nitrogen and oxygen atoms in total. The van der Waals surface area contributed by atoms with E-state index in [4.69, 9.17) is 5.73 Å². The molecule has 0 saturated heterocycles. The maximum atomic E-state index is 13.1. The molecule has 19 heavy (non-hydrogen) atoms. The Hall–Kier alpha value is -2.36. The highest BCUT2D eigenvalue weighted by Crippen LogP contribution is 2.22. The first-order valence-corrected chi connectivity index (χ1v) is 5.91. The molecule has 4 heteroatoms. The Morgan fingerprint density at radius 1 is 1.16 bits per heavy atom. The van der Waals surface area contributed by atoms with Crippen molar-refractivity contribution in [3.63, 3.8) is 0 Å². The largest absolute Gasteiger partial charge is 0.398 e. The van der Waals surface area contributed by atoms with Crippen molar-refractivity contribution in [3.05, 3.63) is 58.9 Å². The molecule has 0 aliphatic rings. The standard InChI is InChI=1S/C15H15FN2O/c1-9-6-10(2)14(8-13(9)17)18-15(19)11-4-3-5-12(16)7-11/h3-8H,17H2,1-2H3,(H,18,19). The minimum Gasteiger partial charge on any atom is -0.398 e. The molecule has 0 aromatic heterocycles. The molecule has 0 saturated carbocycles. The normalized spacial score (nSPS) is 10.3. The van der Waals surface area contributed by atoms with Crippen LogP contribution in [0.15, 0.2) is 36.4 Å². The van der Waals surface area contributed by atoms with Crippen LogP contribution in [0.2, 0.25) is 0 Å². The van der Waals surface area contributed by atoms with Crippen LogP contribution in [0.25, 0.3) is 0 Å². The number of hydrogen-bond donors (Lipinski definition) is 2. The second kappa shape index (κ2) is 5.10. The van der Waals surface area contributed by atoms with Gasteiger partial charge in [0.25, 0.3) is 5.91 Å². The molecular weight excluding hydrogens is 243 g/mol. The molecule has 1 amide bonds. The number of hydrogen-bond acceptors (Lipinski definition) is 2. The van der Waals surface area contributed by atoms with E-state index in [0.29, 0.717) is 11.4 Å². The third-order valence-electron chi connectivity index (χ3n) is 2.95. The Bertz CT molecular complexity index is 638. The first-order chi connectivity index (χ1) is 8.97. The van der Waals surface area contributed by atoms with Gasteiger partial charge >= 0.3 is 0 Å². The lowest BCUT2D eigenvalue weighted by atomic mass is 10.1. The summed E-state index contributed by atoms with van der Waals surface area (Å²) < 4.78 is 13.1. The topological polar surface area (TPSA) is 55.1 Å². The zero-order valence-corrected chi connectivity index (χ0v) is 10.8. The lowest BCUT2D eigenvalue weighted by Crippen LogP contribution is -2.13. The monoisotopic (exact) mass is 258 g/mol. The highest BCUT2D eigenvalue weighted by atomic mass is 19.1. The maximum Gasteiger partial charge on any atom is 0.255 e. The van der Waals surface area contributed by atoms with Crippen LogP contribution < -0.4 is 11.1 Å². The molecule has 3 N–H and O–H groups in total. The van der Waals surface area contributed by atoms with Crippen LogP contribution in [0.5, 0.6) is 0 Å².